The Balaban J connectivity index is 1.41. The van der Waals surface area contributed by atoms with Crippen molar-refractivity contribution in [3.05, 3.63) is 48.2 Å². The second kappa shape index (κ2) is 8.26. The van der Waals surface area contributed by atoms with Gasteiger partial charge in [0.2, 0.25) is 0 Å². The van der Waals surface area contributed by atoms with Crippen molar-refractivity contribution in [2.45, 2.75) is 13.8 Å². The summed E-state index contributed by atoms with van der Waals surface area (Å²) in [6.45, 7) is 7.29. The van der Waals surface area contributed by atoms with Crippen LogP contribution in [0.5, 0.6) is 0 Å². The third-order valence-electron chi connectivity index (χ3n) is 4.75. The lowest BCUT2D eigenvalue weighted by molar-refractivity contribution is 0.0736. The van der Waals surface area contributed by atoms with Gasteiger partial charge in [0.25, 0.3) is 5.91 Å². The molecular weight excluding hydrogens is 370 g/mol. The first kappa shape index (κ1) is 18.9. The number of rotatable bonds is 5. The maximum absolute atomic E-state index is 12.8. The Morgan fingerprint density at radius 1 is 1.21 bits per heavy atom. The van der Waals surface area contributed by atoms with Gasteiger partial charge in [0.1, 0.15) is 17.5 Å². The van der Waals surface area contributed by atoms with Crippen LogP contribution in [-0.2, 0) is 0 Å². The molecule has 1 fully saturated rings. The summed E-state index contributed by atoms with van der Waals surface area (Å²) in [6, 6.07) is 7.30. The quantitative estimate of drug-likeness (QED) is 0.704. The second-order valence-corrected chi connectivity index (χ2v) is 6.79. The molecule has 0 radical (unpaired) electrons. The van der Waals surface area contributed by atoms with Gasteiger partial charge in [-0.1, -0.05) is 5.16 Å². The zero-order valence-corrected chi connectivity index (χ0v) is 16.5. The Labute approximate surface area is 168 Å². The number of piperazine rings is 1. The Kier molecular flexibility index (Phi) is 5.37. The van der Waals surface area contributed by atoms with E-state index in [4.69, 9.17) is 4.52 Å². The molecule has 0 aromatic carbocycles. The minimum absolute atomic E-state index is 0.129. The number of nitrogens with one attached hydrogen (secondary N) is 1. The summed E-state index contributed by atoms with van der Waals surface area (Å²) in [5.74, 6) is 2.82. The molecule has 4 heterocycles. The van der Waals surface area contributed by atoms with Crippen molar-refractivity contribution in [3.8, 4) is 11.3 Å². The molecular formula is C20H23N7O2. The topological polar surface area (TPSA) is 100 Å². The summed E-state index contributed by atoms with van der Waals surface area (Å²) in [4.78, 5) is 29.8. The number of carbonyl (C=O) groups excluding carboxylic acids is 1. The summed E-state index contributed by atoms with van der Waals surface area (Å²) in [5, 5.41) is 7.18. The third-order valence-corrected chi connectivity index (χ3v) is 4.75. The molecule has 150 valence electrons. The Morgan fingerprint density at radius 3 is 2.76 bits per heavy atom. The first-order valence-corrected chi connectivity index (χ1v) is 9.65. The predicted octanol–water partition coefficient (Wildman–Crippen LogP) is 2.23. The molecule has 1 saturated heterocycles. The summed E-state index contributed by atoms with van der Waals surface area (Å²) in [7, 11) is 0. The molecule has 1 amide bonds. The summed E-state index contributed by atoms with van der Waals surface area (Å²) in [6.07, 6.45) is 3.37. The molecule has 0 bridgehead atoms. The molecule has 0 aliphatic carbocycles. The number of aryl methyl sites for hydroxylation is 1. The maximum Gasteiger partial charge on any atom is 0.276 e. The van der Waals surface area contributed by atoms with Crippen molar-refractivity contribution in [2.75, 3.05) is 42.9 Å². The van der Waals surface area contributed by atoms with Gasteiger partial charge in [-0.3, -0.25) is 9.78 Å². The second-order valence-electron chi connectivity index (χ2n) is 6.79. The molecule has 3 aromatic heterocycles. The van der Waals surface area contributed by atoms with Crippen LogP contribution >= 0.6 is 0 Å². The Bertz CT molecular complexity index is 982. The molecule has 4 rings (SSSR count). The van der Waals surface area contributed by atoms with E-state index in [1.807, 2.05) is 32.0 Å². The molecule has 0 unspecified atom stereocenters. The lowest BCUT2D eigenvalue weighted by Gasteiger charge is -2.35. The minimum atomic E-state index is -0.129. The van der Waals surface area contributed by atoms with Gasteiger partial charge in [0.05, 0.1) is 0 Å². The van der Waals surface area contributed by atoms with E-state index in [1.54, 1.807) is 23.4 Å². The number of pyridine rings is 1. The monoisotopic (exact) mass is 393 g/mol. The fourth-order valence-corrected chi connectivity index (χ4v) is 3.31. The molecule has 1 aliphatic heterocycles. The van der Waals surface area contributed by atoms with Crippen LogP contribution in [0, 0.1) is 6.92 Å². The first-order chi connectivity index (χ1) is 14.1. The van der Waals surface area contributed by atoms with Crippen molar-refractivity contribution >= 4 is 17.5 Å². The highest BCUT2D eigenvalue weighted by molar-refractivity contribution is 5.93. The van der Waals surface area contributed by atoms with Gasteiger partial charge in [-0.2, -0.15) is 0 Å². The van der Waals surface area contributed by atoms with E-state index in [1.165, 1.54) is 0 Å². The highest BCUT2D eigenvalue weighted by Gasteiger charge is 2.25. The molecule has 1 aliphatic rings. The van der Waals surface area contributed by atoms with Crippen LogP contribution in [0.4, 0.5) is 11.6 Å². The number of amides is 1. The maximum atomic E-state index is 12.8. The smallest absolute Gasteiger partial charge is 0.276 e. The largest absolute Gasteiger partial charge is 0.370 e. The molecule has 29 heavy (non-hydrogen) atoms. The van der Waals surface area contributed by atoms with E-state index < -0.39 is 0 Å². The van der Waals surface area contributed by atoms with Crippen LogP contribution < -0.4 is 10.2 Å². The van der Waals surface area contributed by atoms with Crippen LogP contribution in [0.3, 0.4) is 0 Å². The standard InChI is InChI=1S/C20H23N7O2/c1-3-22-18-12-19(24-14(2)23-18)26-7-9-27(10-8-26)20(28)16-11-17(29-25-16)15-5-4-6-21-13-15/h4-6,11-13H,3,7-10H2,1-2H3,(H,22,23,24). The average Bonchev–Trinajstić information content (AvgIpc) is 3.24. The van der Waals surface area contributed by atoms with Gasteiger partial charge in [-0.25, -0.2) is 9.97 Å². The van der Waals surface area contributed by atoms with Crippen molar-refractivity contribution < 1.29 is 9.32 Å². The van der Waals surface area contributed by atoms with Crippen LogP contribution in [0.25, 0.3) is 11.3 Å². The zero-order valence-electron chi connectivity index (χ0n) is 16.5. The highest BCUT2D eigenvalue weighted by atomic mass is 16.5. The van der Waals surface area contributed by atoms with E-state index in [-0.39, 0.29) is 5.91 Å². The van der Waals surface area contributed by atoms with Crippen LogP contribution in [0.2, 0.25) is 0 Å². The molecule has 0 saturated carbocycles. The number of hydrogen-bond acceptors (Lipinski definition) is 8. The van der Waals surface area contributed by atoms with Crippen molar-refractivity contribution in [1.29, 1.82) is 0 Å². The van der Waals surface area contributed by atoms with Gasteiger partial charge in [0.15, 0.2) is 11.5 Å². The van der Waals surface area contributed by atoms with Gasteiger partial charge < -0.3 is 19.6 Å². The molecule has 1 N–H and O–H groups in total. The summed E-state index contributed by atoms with van der Waals surface area (Å²) in [5.41, 5.74) is 1.10. The fourth-order valence-electron chi connectivity index (χ4n) is 3.31. The Hall–Kier alpha value is -3.49. The highest BCUT2D eigenvalue weighted by Crippen LogP contribution is 2.21. The van der Waals surface area contributed by atoms with Crippen molar-refractivity contribution in [3.63, 3.8) is 0 Å². The van der Waals surface area contributed by atoms with E-state index >= 15 is 0 Å². The van der Waals surface area contributed by atoms with E-state index in [0.29, 0.717) is 37.6 Å². The van der Waals surface area contributed by atoms with E-state index in [2.05, 4.69) is 30.3 Å². The van der Waals surface area contributed by atoms with Crippen LogP contribution in [0.15, 0.2) is 41.2 Å². The van der Waals surface area contributed by atoms with Crippen molar-refractivity contribution in [2.24, 2.45) is 0 Å². The number of nitrogens with zero attached hydrogens (tertiary/aromatic N) is 6. The summed E-state index contributed by atoms with van der Waals surface area (Å²) < 4.78 is 5.33. The fraction of sp³-hybridized carbons (Fsp3) is 0.350. The minimum Gasteiger partial charge on any atom is -0.370 e. The number of carbonyl (C=O) groups is 1. The van der Waals surface area contributed by atoms with Gasteiger partial charge in [-0.05, 0) is 26.0 Å². The normalized spacial score (nSPS) is 14.1. The van der Waals surface area contributed by atoms with Gasteiger partial charge in [0, 0.05) is 62.8 Å². The number of anilines is 2. The average molecular weight is 393 g/mol. The van der Waals surface area contributed by atoms with E-state index in [0.717, 1.165) is 29.6 Å². The van der Waals surface area contributed by atoms with Crippen molar-refractivity contribution in [1.82, 2.24) is 25.0 Å². The molecule has 9 heteroatoms. The number of aromatic nitrogens is 4. The molecule has 9 nitrogen and oxygen atoms in total. The predicted molar refractivity (Wildman–Crippen MR) is 109 cm³/mol. The van der Waals surface area contributed by atoms with Gasteiger partial charge in [-0.15, -0.1) is 0 Å². The summed E-state index contributed by atoms with van der Waals surface area (Å²) >= 11 is 0. The number of hydrogen-bond donors (Lipinski definition) is 1. The first-order valence-electron chi connectivity index (χ1n) is 9.65. The molecule has 0 atom stereocenters. The van der Waals surface area contributed by atoms with E-state index in [9.17, 15) is 4.79 Å². The zero-order chi connectivity index (χ0) is 20.2. The third kappa shape index (κ3) is 4.18. The lowest BCUT2D eigenvalue weighted by atomic mass is 10.2. The Morgan fingerprint density at radius 2 is 2.03 bits per heavy atom. The van der Waals surface area contributed by atoms with Gasteiger partial charge >= 0.3 is 0 Å². The van der Waals surface area contributed by atoms with Crippen LogP contribution in [0.1, 0.15) is 23.2 Å². The molecule has 0 spiro atoms. The van der Waals surface area contributed by atoms with Crippen LogP contribution in [-0.4, -0.2) is 63.6 Å². The lowest BCUT2D eigenvalue weighted by Crippen LogP contribution is -2.49. The SMILES string of the molecule is CCNc1cc(N2CCN(C(=O)c3cc(-c4cccnc4)on3)CC2)nc(C)n1. The molecule has 3 aromatic rings.